The van der Waals surface area contributed by atoms with Crippen molar-refractivity contribution in [2.45, 2.75) is 81.7 Å². The summed E-state index contributed by atoms with van der Waals surface area (Å²) in [6.45, 7) is 5.40. The van der Waals surface area contributed by atoms with Gasteiger partial charge in [-0.05, 0) is 49.2 Å². The molecular weight excluding hydrogens is 608 g/mol. The van der Waals surface area contributed by atoms with Crippen LogP contribution in [0.2, 0.25) is 0 Å². The minimum absolute atomic E-state index is 0.481. The second kappa shape index (κ2) is 15.0. The fourth-order valence-corrected chi connectivity index (χ4v) is 11.0. The summed E-state index contributed by atoms with van der Waals surface area (Å²) in [5.74, 6) is 1.18. The first-order valence-corrected chi connectivity index (χ1v) is 17.0. The van der Waals surface area contributed by atoms with Crippen LogP contribution < -0.4 is 25.4 Å². The van der Waals surface area contributed by atoms with Crippen molar-refractivity contribution in [3.8, 4) is 11.5 Å². The van der Waals surface area contributed by atoms with E-state index in [4.69, 9.17) is 60.0 Å². The molecule has 3 aromatic carbocycles. The van der Waals surface area contributed by atoms with Crippen LogP contribution in [0.15, 0.2) is 71.8 Å². The Morgan fingerprint density at radius 2 is 1.08 bits per heavy atom. The molecule has 0 radical (unpaired) electrons. The van der Waals surface area contributed by atoms with Gasteiger partial charge in [0.15, 0.2) is 7.14 Å². The van der Waals surface area contributed by atoms with E-state index < -0.39 is 7.14 Å². The molecular formula is C28H35O3PS6. The molecule has 0 aliphatic heterocycles. The SMILES string of the molecule is CCCCCOc1ccc(P(=O)(c2c(S)cc(S)cc2S)c2c(S)cc(S)cc2S)c(OCCCCC)c1. The van der Waals surface area contributed by atoms with Gasteiger partial charge in [0.2, 0.25) is 0 Å². The van der Waals surface area contributed by atoms with Gasteiger partial charge in [-0.2, -0.15) is 0 Å². The predicted octanol–water partition coefficient (Wildman–Crippen LogP) is 8.20. The molecule has 3 aromatic rings. The molecule has 0 bridgehead atoms. The number of hydrogen-bond acceptors (Lipinski definition) is 9. The van der Waals surface area contributed by atoms with Crippen molar-refractivity contribution in [3.63, 3.8) is 0 Å². The van der Waals surface area contributed by atoms with Crippen LogP contribution in [0.25, 0.3) is 0 Å². The second-order valence-corrected chi connectivity index (χ2v) is 14.6. The Hall–Kier alpha value is -0.410. The maximum absolute atomic E-state index is 15.7. The minimum atomic E-state index is -3.67. The zero-order valence-electron chi connectivity index (χ0n) is 21.6. The van der Waals surface area contributed by atoms with Crippen LogP contribution in [0.1, 0.15) is 52.4 Å². The van der Waals surface area contributed by atoms with Gasteiger partial charge in [0, 0.05) is 46.0 Å². The normalized spacial score (nSPS) is 11.6. The van der Waals surface area contributed by atoms with E-state index in [1.807, 2.05) is 18.2 Å². The van der Waals surface area contributed by atoms with Crippen molar-refractivity contribution < 1.29 is 14.0 Å². The third kappa shape index (κ3) is 7.65. The summed E-state index contributed by atoms with van der Waals surface area (Å²) in [7, 11) is -3.67. The summed E-state index contributed by atoms with van der Waals surface area (Å²) in [6.07, 6.45) is 6.17. The quantitative estimate of drug-likeness (QED) is 0.0647. The maximum Gasteiger partial charge on any atom is 0.179 e. The fourth-order valence-electron chi connectivity index (χ4n) is 4.21. The molecule has 0 aliphatic carbocycles. The number of rotatable bonds is 13. The van der Waals surface area contributed by atoms with Crippen LogP contribution in [-0.2, 0) is 4.57 Å². The standard InChI is InChI=1S/C28H35O3PS6/c1-3-5-7-11-30-18-9-10-22(21(13-18)31-12-8-6-4-2)32(29,27-23(35)14-19(33)15-24(27)36)28-25(37)16-20(34)17-26(28)38/h9-10,13-17,33-38H,3-8,11-12H2,1-2H3. The molecule has 0 fully saturated rings. The Labute approximate surface area is 260 Å². The third-order valence-corrected chi connectivity index (χ3v) is 11.9. The van der Waals surface area contributed by atoms with Crippen LogP contribution in [0, 0.1) is 0 Å². The highest BCUT2D eigenvalue weighted by Gasteiger charge is 2.39. The van der Waals surface area contributed by atoms with Crippen LogP contribution in [0.3, 0.4) is 0 Å². The number of hydrogen-bond donors (Lipinski definition) is 6. The van der Waals surface area contributed by atoms with E-state index in [1.54, 1.807) is 24.3 Å². The van der Waals surface area contributed by atoms with E-state index in [9.17, 15) is 0 Å². The first-order valence-electron chi connectivity index (χ1n) is 12.6. The van der Waals surface area contributed by atoms with Crippen molar-refractivity contribution in [2.24, 2.45) is 0 Å². The Morgan fingerprint density at radius 3 is 1.53 bits per heavy atom. The van der Waals surface area contributed by atoms with Crippen molar-refractivity contribution in [2.75, 3.05) is 13.2 Å². The summed E-state index contributed by atoms with van der Waals surface area (Å²) in [5, 5.41) is 1.48. The third-order valence-electron chi connectivity index (χ3n) is 6.03. The topological polar surface area (TPSA) is 35.5 Å². The van der Waals surface area contributed by atoms with Crippen LogP contribution >= 0.6 is 82.9 Å². The van der Waals surface area contributed by atoms with Gasteiger partial charge in [-0.25, -0.2) is 0 Å². The Balaban J connectivity index is 2.28. The van der Waals surface area contributed by atoms with E-state index in [0.717, 1.165) is 38.5 Å². The summed E-state index contributed by atoms with van der Waals surface area (Å²) >= 11 is 27.9. The smallest absolute Gasteiger partial charge is 0.179 e. The van der Waals surface area contributed by atoms with E-state index >= 15 is 4.57 Å². The fraction of sp³-hybridized carbons (Fsp3) is 0.357. The van der Waals surface area contributed by atoms with Crippen molar-refractivity contribution in [1.29, 1.82) is 0 Å². The molecule has 206 valence electrons. The molecule has 0 spiro atoms. The van der Waals surface area contributed by atoms with Crippen molar-refractivity contribution >= 4 is 98.8 Å². The molecule has 0 saturated heterocycles. The summed E-state index contributed by atoms with van der Waals surface area (Å²) in [6, 6.07) is 12.6. The molecule has 0 saturated carbocycles. The maximum atomic E-state index is 15.7. The van der Waals surface area contributed by atoms with Gasteiger partial charge in [0.1, 0.15) is 11.5 Å². The van der Waals surface area contributed by atoms with Crippen molar-refractivity contribution in [1.82, 2.24) is 0 Å². The van der Waals surface area contributed by atoms with E-state index in [0.29, 0.717) is 70.0 Å². The molecule has 0 unspecified atom stereocenters. The van der Waals surface area contributed by atoms with Gasteiger partial charge in [-0.1, -0.05) is 39.5 Å². The molecule has 0 heterocycles. The number of ether oxygens (including phenoxy) is 2. The lowest BCUT2D eigenvalue weighted by atomic mass is 10.2. The lowest BCUT2D eigenvalue weighted by Crippen LogP contribution is -2.30. The molecule has 0 amide bonds. The number of benzene rings is 3. The molecule has 38 heavy (non-hydrogen) atoms. The monoisotopic (exact) mass is 642 g/mol. The first-order chi connectivity index (χ1) is 18.1. The summed E-state index contributed by atoms with van der Waals surface area (Å²) in [5.41, 5.74) is 0. The van der Waals surface area contributed by atoms with E-state index in [-0.39, 0.29) is 0 Å². The van der Waals surface area contributed by atoms with Gasteiger partial charge in [0.25, 0.3) is 0 Å². The Kier molecular flexibility index (Phi) is 12.7. The zero-order valence-corrected chi connectivity index (χ0v) is 27.8. The highest BCUT2D eigenvalue weighted by atomic mass is 32.1. The first kappa shape index (κ1) is 32.1. The highest BCUT2D eigenvalue weighted by Crippen LogP contribution is 2.52. The Morgan fingerprint density at radius 1 is 0.632 bits per heavy atom. The average molecular weight is 643 g/mol. The highest BCUT2D eigenvalue weighted by molar-refractivity contribution is 7.91. The van der Waals surface area contributed by atoms with Gasteiger partial charge in [-0.3, -0.25) is 0 Å². The summed E-state index contributed by atoms with van der Waals surface area (Å²) < 4.78 is 28.0. The number of unbranched alkanes of at least 4 members (excludes halogenated alkanes) is 4. The van der Waals surface area contributed by atoms with Crippen LogP contribution in [-0.4, -0.2) is 13.2 Å². The summed E-state index contributed by atoms with van der Waals surface area (Å²) in [4.78, 5) is 3.39. The molecule has 3 nitrogen and oxygen atoms in total. The van der Waals surface area contributed by atoms with E-state index in [2.05, 4.69) is 39.1 Å². The molecule has 0 N–H and O–H groups in total. The average Bonchev–Trinajstić information content (AvgIpc) is 2.83. The molecule has 3 rings (SSSR count). The minimum Gasteiger partial charge on any atom is -0.493 e. The molecule has 0 aromatic heterocycles. The van der Waals surface area contributed by atoms with Crippen LogP contribution in [0.5, 0.6) is 11.5 Å². The zero-order chi connectivity index (χ0) is 27.9. The predicted molar refractivity (Wildman–Crippen MR) is 179 cm³/mol. The lowest BCUT2D eigenvalue weighted by molar-refractivity contribution is 0.293. The van der Waals surface area contributed by atoms with Gasteiger partial charge >= 0.3 is 0 Å². The van der Waals surface area contributed by atoms with Gasteiger partial charge in [0.05, 0.1) is 18.5 Å². The Bertz CT molecular complexity index is 1210. The largest absolute Gasteiger partial charge is 0.493 e. The lowest BCUT2D eigenvalue weighted by Gasteiger charge is -2.27. The van der Waals surface area contributed by atoms with Gasteiger partial charge in [-0.15, -0.1) is 75.8 Å². The van der Waals surface area contributed by atoms with Gasteiger partial charge < -0.3 is 14.0 Å². The van der Waals surface area contributed by atoms with Crippen molar-refractivity contribution in [3.05, 3.63) is 42.5 Å². The molecule has 10 heteroatoms. The number of thiol groups is 6. The van der Waals surface area contributed by atoms with E-state index in [1.165, 1.54) is 0 Å². The van der Waals surface area contributed by atoms with Crippen LogP contribution in [0.4, 0.5) is 0 Å². The second-order valence-electron chi connectivity index (χ2n) is 9.02. The molecule has 0 aliphatic rings. The molecule has 0 atom stereocenters.